The van der Waals surface area contributed by atoms with Gasteiger partial charge in [0.2, 0.25) is 5.91 Å². The van der Waals surface area contributed by atoms with Crippen LogP contribution in [0.5, 0.6) is 0 Å². The fraction of sp³-hybridized carbons (Fsp3) is 0.333. The zero-order valence-corrected chi connectivity index (χ0v) is 17.8. The van der Waals surface area contributed by atoms with Gasteiger partial charge in [-0.1, -0.05) is 0 Å². The molecule has 3 rings (SSSR count). The van der Waals surface area contributed by atoms with E-state index in [2.05, 4.69) is 49.3 Å². The highest BCUT2D eigenvalue weighted by atomic mass is 32.1. The lowest BCUT2D eigenvalue weighted by molar-refractivity contribution is -0.120. The number of rotatable bonds is 9. The molecule has 0 saturated heterocycles. The summed E-state index contributed by atoms with van der Waals surface area (Å²) >= 11 is 1.70. The van der Waals surface area contributed by atoms with Gasteiger partial charge in [-0.25, -0.2) is 15.0 Å². The van der Waals surface area contributed by atoms with E-state index in [1.165, 1.54) is 10.4 Å². The summed E-state index contributed by atoms with van der Waals surface area (Å²) in [6.45, 7) is 7.06. The van der Waals surface area contributed by atoms with Gasteiger partial charge < -0.3 is 16.0 Å². The number of anilines is 3. The highest BCUT2D eigenvalue weighted by molar-refractivity contribution is 7.10. The number of nitrogens with zero attached hydrogens (tertiary/aromatic N) is 3. The van der Waals surface area contributed by atoms with Gasteiger partial charge in [0.15, 0.2) is 0 Å². The molecule has 0 spiro atoms. The van der Waals surface area contributed by atoms with E-state index in [0.717, 1.165) is 17.8 Å². The fourth-order valence-corrected chi connectivity index (χ4v) is 3.74. The molecule has 0 unspecified atom stereocenters. The smallest absolute Gasteiger partial charge is 0.220 e. The van der Waals surface area contributed by atoms with Crippen LogP contribution in [0.1, 0.15) is 28.2 Å². The van der Waals surface area contributed by atoms with Crippen molar-refractivity contribution in [1.82, 2.24) is 20.3 Å². The minimum absolute atomic E-state index is 0.0614. The van der Waals surface area contributed by atoms with Crippen molar-refractivity contribution in [2.75, 3.05) is 23.7 Å². The van der Waals surface area contributed by atoms with Gasteiger partial charge in [0, 0.05) is 36.7 Å². The van der Waals surface area contributed by atoms with Crippen LogP contribution in [0.3, 0.4) is 0 Å². The molecule has 0 aromatic carbocycles. The minimum atomic E-state index is 0.0614. The Morgan fingerprint density at radius 2 is 1.86 bits per heavy atom. The van der Waals surface area contributed by atoms with Crippen LogP contribution in [-0.2, 0) is 11.2 Å². The van der Waals surface area contributed by atoms with Crippen molar-refractivity contribution in [2.24, 2.45) is 0 Å². The second kappa shape index (κ2) is 9.97. The first-order valence-electron chi connectivity index (χ1n) is 9.58. The van der Waals surface area contributed by atoms with Gasteiger partial charge >= 0.3 is 0 Å². The number of nitrogens with one attached hydrogen (secondary N) is 3. The molecule has 0 saturated carbocycles. The van der Waals surface area contributed by atoms with E-state index in [0.29, 0.717) is 37.0 Å². The molecular formula is C21H26N6OS. The Balaban J connectivity index is 1.45. The lowest BCUT2D eigenvalue weighted by Gasteiger charge is -2.11. The zero-order chi connectivity index (χ0) is 20.6. The lowest BCUT2D eigenvalue weighted by Crippen LogP contribution is -2.29. The quantitative estimate of drug-likeness (QED) is 0.465. The Morgan fingerprint density at radius 1 is 1.03 bits per heavy atom. The van der Waals surface area contributed by atoms with Crippen molar-refractivity contribution in [3.8, 4) is 0 Å². The minimum Gasteiger partial charge on any atom is -0.368 e. The highest BCUT2D eigenvalue weighted by Crippen LogP contribution is 2.17. The molecule has 3 N–H and O–H groups in total. The van der Waals surface area contributed by atoms with Crippen molar-refractivity contribution in [3.05, 3.63) is 57.7 Å². The van der Waals surface area contributed by atoms with E-state index < -0.39 is 0 Å². The highest BCUT2D eigenvalue weighted by Gasteiger charge is 2.06. The maximum Gasteiger partial charge on any atom is 0.220 e. The molecule has 29 heavy (non-hydrogen) atoms. The van der Waals surface area contributed by atoms with E-state index in [-0.39, 0.29) is 5.91 Å². The van der Waals surface area contributed by atoms with Gasteiger partial charge in [0.25, 0.3) is 0 Å². The third-order valence-corrected chi connectivity index (χ3v) is 5.39. The van der Waals surface area contributed by atoms with Crippen molar-refractivity contribution in [3.63, 3.8) is 0 Å². The van der Waals surface area contributed by atoms with Gasteiger partial charge in [-0.05, 0) is 61.9 Å². The Hall–Kier alpha value is -3.00. The van der Waals surface area contributed by atoms with Crippen molar-refractivity contribution in [2.45, 2.75) is 33.6 Å². The van der Waals surface area contributed by atoms with Gasteiger partial charge in [0.05, 0.1) is 0 Å². The second-order valence-electron chi connectivity index (χ2n) is 6.83. The Kier molecular flexibility index (Phi) is 7.13. The molecule has 1 amide bonds. The summed E-state index contributed by atoms with van der Waals surface area (Å²) in [5.41, 5.74) is 2.38. The van der Waals surface area contributed by atoms with Crippen LogP contribution in [0.2, 0.25) is 0 Å². The number of amides is 1. The molecule has 0 aliphatic rings. The van der Waals surface area contributed by atoms with Gasteiger partial charge in [0.1, 0.15) is 23.3 Å². The van der Waals surface area contributed by atoms with E-state index in [1.807, 2.05) is 32.0 Å². The number of carbonyl (C=O) groups is 1. The monoisotopic (exact) mass is 410 g/mol. The van der Waals surface area contributed by atoms with Gasteiger partial charge in [-0.15, -0.1) is 11.3 Å². The number of hydrogen-bond donors (Lipinski definition) is 3. The Labute approximate surface area is 175 Å². The zero-order valence-electron chi connectivity index (χ0n) is 17.0. The normalized spacial score (nSPS) is 10.6. The van der Waals surface area contributed by atoms with Gasteiger partial charge in [-0.3, -0.25) is 4.79 Å². The number of aryl methyl sites for hydroxylation is 4. The number of thiophene rings is 1. The first-order chi connectivity index (χ1) is 14.0. The first kappa shape index (κ1) is 20.7. The first-order valence-corrected chi connectivity index (χ1v) is 10.5. The van der Waals surface area contributed by atoms with Crippen LogP contribution < -0.4 is 16.0 Å². The molecule has 3 aromatic rings. The molecule has 8 heteroatoms. The van der Waals surface area contributed by atoms with Gasteiger partial charge in [-0.2, -0.15) is 0 Å². The topological polar surface area (TPSA) is 91.8 Å². The predicted octanol–water partition coefficient (Wildman–Crippen LogP) is 3.76. The summed E-state index contributed by atoms with van der Waals surface area (Å²) in [4.78, 5) is 26.4. The molecule has 7 nitrogen and oxygen atoms in total. The van der Waals surface area contributed by atoms with Crippen molar-refractivity contribution < 1.29 is 4.79 Å². The van der Waals surface area contributed by atoms with Crippen LogP contribution in [0, 0.1) is 20.8 Å². The molecule has 0 atom stereocenters. The number of carbonyl (C=O) groups excluding carboxylic acids is 1. The molecule has 0 radical (unpaired) electrons. The summed E-state index contributed by atoms with van der Waals surface area (Å²) in [5, 5.41) is 11.4. The third-order valence-electron chi connectivity index (χ3n) is 4.31. The van der Waals surface area contributed by atoms with E-state index in [4.69, 9.17) is 0 Å². The van der Waals surface area contributed by atoms with E-state index in [1.54, 1.807) is 17.5 Å². The second-order valence-corrected chi connectivity index (χ2v) is 7.83. The Morgan fingerprint density at radius 3 is 2.62 bits per heavy atom. The number of aromatic nitrogens is 3. The maximum absolute atomic E-state index is 12.0. The average molecular weight is 411 g/mol. The summed E-state index contributed by atoms with van der Waals surface area (Å²) in [6, 6.07) is 7.82. The van der Waals surface area contributed by atoms with Crippen LogP contribution in [-0.4, -0.2) is 33.9 Å². The average Bonchev–Trinajstić information content (AvgIpc) is 3.08. The van der Waals surface area contributed by atoms with Crippen molar-refractivity contribution >= 4 is 34.7 Å². The molecule has 0 fully saturated rings. The Bertz CT molecular complexity index is 971. The molecule has 0 bridgehead atoms. The van der Waals surface area contributed by atoms with E-state index in [9.17, 15) is 4.79 Å². The summed E-state index contributed by atoms with van der Waals surface area (Å²) < 4.78 is 0. The predicted molar refractivity (Wildman–Crippen MR) is 118 cm³/mol. The van der Waals surface area contributed by atoms with Crippen LogP contribution >= 0.6 is 11.3 Å². The van der Waals surface area contributed by atoms with E-state index >= 15 is 0 Å². The van der Waals surface area contributed by atoms with Crippen LogP contribution in [0.25, 0.3) is 0 Å². The molecule has 0 aliphatic heterocycles. The van der Waals surface area contributed by atoms with Crippen molar-refractivity contribution in [1.29, 1.82) is 0 Å². The van der Waals surface area contributed by atoms with Crippen LogP contribution in [0.4, 0.5) is 17.5 Å². The lowest BCUT2D eigenvalue weighted by atomic mass is 10.2. The largest absolute Gasteiger partial charge is 0.368 e. The summed E-state index contributed by atoms with van der Waals surface area (Å²) in [7, 11) is 0. The SMILES string of the molecule is Cc1ccnc(Nc2cc(NCCNC(=O)CCc3sccc3C)nc(C)n2)c1. The number of hydrogen-bond acceptors (Lipinski definition) is 7. The molecular weight excluding hydrogens is 384 g/mol. The summed E-state index contributed by atoms with van der Waals surface area (Å²) in [5.74, 6) is 2.83. The maximum atomic E-state index is 12.0. The number of pyridine rings is 1. The standard InChI is InChI=1S/C21H26N6OS/c1-14-6-8-22-18(12-14)27-20-13-19(25-16(3)26-20)23-9-10-24-21(28)5-4-17-15(2)7-11-29-17/h6-8,11-13H,4-5,9-10H2,1-3H3,(H,24,28)(H2,22,23,25,26,27). The molecule has 0 aliphatic carbocycles. The third kappa shape index (κ3) is 6.53. The molecule has 3 aromatic heterocycles. The molecule has 152 valence electrons. The van der Waals surface area contributed by atoms with Crippen LogP contribution in [0.15, 0.2) is 35.8 Å². The fourth-order valence-electron chi connectivity index (χ4n) is 2.83. The summed E-state index contributed by atoms with van der Waals surface area (Å²) in [6.07, 6.45) is 3.05. The molecule has 3 heterocycles.